The Bertz CT molecular complexity index is 1170. The predicted molar refractivity (Wildman–Crippen MR) is 157 cm³/mol. The summed E-state index contributed by atoms with van der Waals surface area (Å²) in [6, 6.07) is 10.6. The molecule has 0 heterocycles. The fourth-order valence-corrected chi connectivity index (χ4v) is 4.44. The van der Waals surface area contributed by atoms with Crippen LogP contribution in [0.5, 0.6) is 0 Å². The number of ether oxygens (including phenoxy) is 1. The summed E-state index contributed by atoms with van der Waals surface area (Å²) in [5.41, 5.74) is 0.251. The van der Waals surface area contributed by atoms with Crippen molar-refractivity contribution in [1.82, 2.24) is 0 Å². The topological polar surface area (TPSA) is 179 Å². The van der Waals surface area contributed by atoms with E-state index in [4.69, 9.17) is 14.9 Å². The van der Waals surface area contributed by atoms with Gasteiger partial charge in [-0.25, -0.2) is 19.2 Å². The predicted octanol–water partition coefficient (Wildman–Crippen LogP) is 5.54. The Balaban J connectivity index is 0.000000420. The highest BCUT2D eigenvalue weighted by atomic mass is 16.5. The van der Waals surface area contributed by atoms with Gasteiger partial charge in [0.05, 0.1) is 41.1 Å². The van der Waals surface area contributed by atoms with Gasteiger partial charge in [0.1, 0.15) is 0 Å². The number of carboxylic acids is 3. The molecule has 0 amide bonds. The van der Waals surface area contributed by atoms with Crippen LogP contribution in [0.4, 0.5) is 0 Å². The number of carbonyl (C=O) groups is 4. The monoisotopic (exact) mass is 588 g/mol. The van der Waals surface area contributed by atoms with Crippen LogP contribution < -0.4 is 0 Å². The smallest absolute Gasteiger partial charge is 0.339 e. The summed E-state index contributed by atoms with van der Waals surface area (Å²) in [6.45, 7) is 7.68. The van der Waals surface area contributed by atoms with E-state index in [9.17, 15) is 34.5 Å². The van der Waals surface area contributed by atoms with Gasteiger partial charge in [-0.05, 0) is 81.5 Å². The van der Waals surface area contributed by atoms with Crippen molar-refractivity contribution >= 4 is 23.9 Å². The lowest BCUT2D eigenvalue weighted by Gasteiger charge is -2.18. The van der Waals surface area contributed by atoms with E-state index in [1.807, 2.05) is 13.8 Å². The summed E-state index contributed by atoms with van der Waals surface area (Å²) in [6.07, 6.45) is 4.29. The maximum atomic E-state index is 12.0. The second-order valence-electron chi connectivity index (χ2n) is 10.5. The van der Waals surface area contributed by atoms with E-state index in [1.165, 1.54) is 18.2 Å². The van der Waals surface area contributed by atoms with Crippen molar-refractivity contribution in [2.24, 2.45) is 11.8 Å². The van der Waals surface area contributed by atoms with Crippen LogP contribution in [-0.2, 0) is 11.2 Å². The third kappa shape index (κ3) is 12.4. The first-order valence-corrected chi connectivity index (χ1v) is 14.3. The third-order valence-electron chi connectivity index (χ3n) is 7.07. The molecule has 232 valence electrons. The largest absolute Gasteiger partial charge is 0.478 e. The van der Waals surface area contributed by atoms with Crippen LogP contribution in [0.3, 0.4) is 0 Å². The molecule has 0 fully saturated rings. The van der Waals surface area contributed by atoms with Crippen LogP contribution in [0.2, 0.25) is 0 Å². The number of aromatic carboxylic acids is 3. The van der Waals surface area contributed by atoms with Gasteiger partial charge >= 0.3 is 23.9 Å². The number of rotatable bonds is 16. The lowest BCUT2D eigenvalue weighted by atomic mass is 9.88. The van der Waals surface area contributed by atoms with Gasteiger partial charge in [0, 0.05) is 0 Å². The zero-order chi connectivity index (χ0) is 31.8. The molecule has 10 nitrogen and oxygen atoms in total. The molecule has 0 saturated heterocycles. The first kappa shape index (κ1) is 36.3. The Hall–Kier alpha value is -3.76. The van der Waals surface area contributed by atoms with Gasteiger partial charge in [-0.2, -0.15) is 0 Å². The summed E-state index contributed by atoms with van der Waals surface area (Å²) in [4.78, 5) is 45.6. The van der Waals surface area contributed by atoms with E-state index in [1.54, 1.807) is 38.1 Å². The van der Waals surface area contributed by atoms with Crippen molar-refractivity contribution in [2.75, 3.05) is 6.61 Å². The molecule has 2 aromatic carbocycles. The van der Waals surface area contributed by atoms with Crippen LogP contribution in [0.15, 0.2) is 42.5 Å². The van der Waals surface area contributed by atoms with E-state index >= 15 is 0 Å². The Labute approximate surface area is 247 Å². The van der Waals surface area contributed by atoms with E-state index in [0.29, 0.717) is 24.8 Å². The van der Waals surface area contributed by atoms with E-state index in [0.717, 1.165) is 25.7 Å². The molecule has 10 heteroatoms. The average molecular weight is 589 g/mol. The molecule has 2 rings (SSSR count). The van der Waals surface area contributed by atoms with Gasteiger partial charge < -0.3 is 30.3 Å². The van der Waals surface area contributed by atoms with Crippen molar-refractivity contribution in [1.29, 1.82) is 0 Å². The molecule has 42 heavy (non-hydrogen) atoms. The minimum atomic E-state index is -1.23. The van der Waals surface area contributed by atoms with Crippen LogP contribution in [-0.4, -0.2) is 68.2 Å². The molecule has 0 saturated carbocycles. The standard InChI is InChI=1S/2C16H22O5/c1-3-11(8-7-10(2)17)9-12-5-4-6-13(15(18)19)14(12)16(20)21;1-3-12(9-8-11(2)17)10-21-16(20)14-7-5-4-6-13(14)15(18)19/h4-6,10-11,17H,3,7-9H2,1-2H3,(H,18,19)(H,20,21);4-7,11-12,17H,3,8-10H2,1-2H3,(H,18,19). The molecule has 0 aliphatic carbocycles. The average Bonchev–Trinajstić information content (AvgIpc) is 2.94. The summed E-state index contributed by atoms with van der Waals surface area (Å²) in [5.74, 6) is -3.82. The molecular weight excluding hydrogens is 544 g/mol. The Morgan fingerprint density at radius 2 is 1.17 bits per heavy atom. The van der Waals surface area contributed by atoms with Gasteiger partial charge in [-0.15, -0.1) is 0 Å². The Morgan fingerprint density at radius 1 is 0.667 bits per heavy atom. The minimum absolute atomic E-state index is 0.0560. The first-order chi connectivity index (χ1) is 19.8. The van der Waals surface area contributed by atoms with Crippen molar-refractivity contribution in [3.05, 3.63) is 70.3 Å². The van der Waals surface area contributed by atoms with Gasteiger partial charge in [0.15, 0.2) is 0 Å². The molecule has 5 N–H and O–H groups in total. The van der Waals surface area contributed by atoms with E-state index in [-0.39, 0.29) is 52.9 Å². The first-order valence-electron chi connectivity index (χ1n) is 14.3. The molecule has 0 aliphatic heterocycles. The molecule has 0 aromatic heterocycles. The van der Waals surface area contributed by atoms with Gasteiger partial charge in [0.25, 0.3) is 0 Å². The van der Waals surface area contributed by atoms with E-state index in [2.05, 4.69) is 0 Å². The number of aliphatic hydroxyl groups excluding tert-OH is 2. The van der Waals surface area contributed by atoms with Crippen molar-refractivity contribution in [2.45, 2.75) is 84.8 Å². The lowest BCUT2D eigenvalue weighted by Crippen LogP contribution is -2.17. The maximum Gasteiger partial charge on any atom is 0.339 e. The number of aliphatic hydroxyl groups is 2. The second-order valence-corrected chi connectivity index (χ2v) is 10.5. The normalized spacial score (nSPS) is 13.6. The van der Waals surface area contributed by atoms with E-state index < -0.39 is 23.9 Å². The zero-order valence-corrected chi connectivity index (χ0v) is 24.8. The SMILES string of the molecule is CCC(CCC(C)O)COC(=O)c1ccccc1C(=O)O.CCC(CCC(C)O)Cc1cccc(C(=O)O)c1C(=O)O. The number of carbonyl (C=O) groups excluding carboxylic acids is 1. The van der Waals surface area contributed by atoms with Crippen LogP contribution in [0.1, 0.15) is 113 Å². The van der Waals surface area contributed by atoms with Crippen LogP contribution in [0, 0.1) is 11.8 Å². The maximum absolute atomic E-state index is 12.0. The van der Waals surface area contributed by atoms with Crippen molar-refractivity contribution in [3.8, 4) is 0 Å². The molecular formula is C32H44O10. The highest BCUT2D eigenvalue weighted by Crippen LogP contribution is 2.23. The highest BCUT2D eigenvalue weighted by Gasteiger charge is 2.22. The van der Waals surface area contributed by atoms with Gasteiger partial charge in [0.2, 0.25) is 0 Å². The second kappa shape index (κ2) is 18.6. The number of benzene rings is 2. The Kier molecular flexibility index (Phi) is 16.1. The van der Waals surface area contributed by atoms with Crippen molar-refractivity contribution < 1.29 is 49.4 Å². The quantitative estimate of drug-likeness (QED) is 0.156. The summed E-state index contributed by atoms with van der Waals surface area (Å²) >= 11 is 0. The number of hydrogen-bond acceptors (Lipinski definition) is 7. The Morgan fingerprint density at radius 3 is 1.64 bits per heavy atom. The fourth-order valence-electron chi connectivity index (χ4n) is 4.44. The zero-order valence-electron chi connectivity index (χ0n) is 24.8. The minimum Gasteiger partial charge on any atom is -0.478 e. The summed E-state index contributed by atoms with van der Waals surface area (Å²) in [7, 11) is 0. The summed E-state index contributed by atoms with van der Waals surface area (Å²) in [5, 5.41) is 46.1. The molecule has 2 aromatic rings. The number of hydrogen-bond donors (Lipinski definition) is 5. The molecule has 0 bridgehead atoms. The fraction of sp³-hybridized carbons (Fsp3) is 0.500. The lowest BCUT2D eigenvalue weighted by molar-refractivity contribution is 0.0410. The van der Waals surface area contributed by atoms with Gasteiger partial charge in [-0.3, -0.25) is 0 Å². The number of esters is 1. The molecule has 4 unspecified atom stereocenters. The third-order valence-corrected chi connectivity index (χ3v) is 7.07. The molecule has 0 radical (unpaired) electrons. The number of carboxylic acid groups (broad SMARTS) is 3. The molecule has 0 spiro atoms. The van der Waals surface area contributed by atoms with Crippen molar-refractivity contribution in [3.63, 3.8) is 0 Å². The van der Waals surface area contributed by atoms with Gasteiger partial charge in [-0.1, -0.05) is 51.0 Å². The summed E-state index contributed by atoms with van der Waals surface area (Å²) < 4.78 is 5.22. The van der Waals surface area contributed by atoms with Crippen LogP contribution in [0.25, 0.3) is 0 Å². The molecule has 0 aliphatic rings. The highest BCUT2D eigenvalue weighted by molar-refractivity contribution is 6.03. The van der Waals surface area contributed by atoms with Crippen LogP contribution >= 0.6 is 0 Å². The molecule has 4 atom stereocenters.